The molecule has 3 aliphatic carbocycles. The van der Waals surface area contributed by atoms with E-state index in [0.717, 1.165) is 35.6 Å². The molecule has 3 heteroatoms. The van der Waals surface area contributed by atoms with E-state index in [1.54, 1.807) is 5.57 Å². The van der Waals surface area contributed by atoms with Gasteiger partial charge in [-0.05, 0) is 42.2 Å². The summed E-state index contributed by atoms with van der Waals surface area (Å²) in [7, 11) is 0. The summed E-state index contributed by atoms with van der Waals surface area (Å²) in [6.07, 6.45) is 5.08. The fourth-order valence-corrected chi connectivity index (χ4v) is 3.89. The van der Waals surface area contributed by atoms with Gasteiger partial charge in [0.2, 0.25) is 6.79 Å². The average molecular weight is 271 g/mol. The number of anilines is 1. The maximum atomic E-state index is 5.42. The Morgan fingerprint density at radius 3 is 2.90 bits per heavy atom. The first kappa shape index (κ1) is 12.1. The van der Waals surface area contributed by atoms with Crippen molar-refractivity contribution in [3.8, 4) is 11.5 Å². The van der Waals surface area contributed by atoms with Crippen LogP contribution in [0.15, 0.2) is 29.8 Å². The SMILES string of the molecule is CC1(C)[C@H]2CC=C(CNc3ccc4c(c3)OCO4)[C@@H]1C2. The highest BCUT2D eigenvalue weighted by Crippen LogP contribution is 2.59. The van der Waals surface area contributed by atoms with E-state index in [2.05, 4.69) is 31.3 Å². The maximum Gasteiger partial charge on any atom is 0.231 e. The molecular weight excluding hydrogens is 250 g/mol. The van der Waals surface area contributed by atoms with Crippen LogP contribution in [0.25, 0.3) is 0 Å². The van der Waals surface area contributed by atoms with Gasteiger partial charge in [-0.25, -0.2) is 0 Å². The van der Waals surface area contributed by atoms with Crippen molar-refractivity contribution in [2.45, 2.75) is 26.7 Å². The standard InChI is InChI=1S/C17H21NO2/c1-17(2)12-4-3-11(14(17)7-12)9-18-13-5-6-15-16(8-13)20-10-19-15/h3,5-6,8,12,14,18H,4,7,9-10H2,1-2H3/t12-,14-/m0/s1. The molecule has 1 aromatic rings. The van der Waals surface area contributed by atoms with Gasteiger partial charge in [-0.2, -0.15) is 0 Å². The highest BCUT2D eigenvalue weighted by Gasteiger charge is 2.50. The van der Waals surface area contributed by atoms with Crippen LogP contribution in [0.1, 0.15) is 26.7 Å². The Kier molecular flexibility index (Phi) is 2.53. The van der Waals surface area contributed by atoms with Crippen molar-refractivity contribution >= 4 is 5.69 Å². The molecule has 1 aromatic carbocycles. The van der Waals surface area contributed by atoms with Gasteiger partial charge in [0.25, 0.3) is 0 Å². The van der Waals surface area contributed by atoms with Crippen LogP contribution in [-0.2, 0) is 0 Å². The zero-order chi connectivity index (χ0) is 13.7. The summed E-state index contributed by atoms with van der Waals surface area (Å²) < 4.78 is 10.8. The molecule has 1 fully saturated rings. The summed E-state index contributed by atoms with van der Waals surface area (Å²) in [5.74, 6) is 3.36. The van der Waals surface area contributed by atoms with E-state index in [-0.39, 0.29) is 0 Å². The third-order valence-corrected chi connectivity index (χ3v) is 5.45. The van der Waals surface area contributed by atoms with Crippen LogP contribution >= 0.6 is 0 Å². The lowest BCUT2D eigenvalue weighted by Crippen LogP contribution is -2.49. The topological polar surface area (TPSA) is 30.5 Å². The molecule has 0 spiro atoms. The number of hydrogen-bond donors (Lipinski definition) is 1. The van der Waals surface area contributed by atoms with Gasteiger partial charge in [-0.1, -0.05) is 25.5 Å². The Morgan fingerprint density at radius 2 is 2.10 bits per heavy atom. The van der Waals surface area contributed by atoms with Crippen LogP contribution < -0.4 is 14.8 Å². The summed E-state index contributed by atoms with van der Waals surface area (Å²) in [5, 5.41) is 3.53. The molecule has 5 rings (SSSR count). The van der Waals surface area contributed by atoms with Crippen molar-refractivity contribution in [2.75, 3.05) is 18.7 Å². The van der Waals surface area contributed by atoms with Crippen molar-refractivity contribution < 1.29 is 9.47 Å². The third kappa shape index (κ3) is 1.72. The number of hydrogen-bond acceptors (Lipinski definition) is 3. The molecule has 1 heterocycles. The van der Waals surface area contributed by atoms with Crippen molar-refractivity contribution in [2.24, 2.45) is 17.3 Å². The molecule has 1 aliphatic heterocycles. The van der Waals surface area contributed by atoms with Crippen LogP contribution in [-0.4, -0.2) is 13.3 Å². The van der Waals surface area contributed by atoms with Crippen LogP contribution in [0.3, 0.4) is 0 Å². The van der Waals surface area contributed by atoms with Crippen molar-refractivity contribution in [1.82, 2.24) is 0 Å². The van der Waals surface area contributed by atoms with Crippen LogP contribution in [0.4, 0.5) is 5.69 Å². The Hall–Kier alpha value is -1.64. The number of nitrogens with one attached hydrogen (secondary N) is 1. The minimum atomic E-state index is 0.335. The lowest BCUT2D eigenvalue weighted by atomic mass is 9.49. The van der Waals surface area contributed by atoms with Crippen LogP contribution in [0, 0.1) is 17.3 Å². The Balaban J connectivity index is 1.45. The summed E-state index contributed by atoms with van der Waals surface area (Å²) in [4.78, 5) is 0. The quantitative estimate of drug-likeness (QED) is 0.848. The van der Waals surface area contributed by atoms with Crippen molar-refractivity contribution in [1.29, 1.82) is 0 Å². The number of allylic oxidation sites excluding steroid dienone is 1. The molecule has 3 nitrogen and oxygen atoms in total. The molecule has 0 aromatic heterocycles. The first-order valence-corrected chi connectivity index (χ1v) is 7.47. The molecule has 106 valence electrons. The monoisotopic (exact) mass is 271 g/mol. The number of rotatable bonds is 3. The minimum absolute atomic E-state index is 0.335. The first-order valence-electron chi connectivity index (χ1n) is 7.47. The molecule has 20 heavy (non-hydrogen) atoms. The van der Waals surface area contributed by atoms with E-state index in [0.29, 0.717) is 12.2 Å². The number of benzene rings is 1. The van der Waals surface area contributed by atoms with Crippen LogP contribution in [0.2, 0.25) is 0 Å². The molecular formula is C17H21NO2. The molecule has 1 N–H and O–H groups in total. The molecule has 2 atom stereocenters. The van der Waals surface area contributed by atoms with Gasteiger partial charge < -0.3 is 14.8 Å². The fraction of sp³-hybridized carbons (Fsp3) is 0.529. The predicted molar refractivity (Wildman–Crippen MR) is 79.1 cm³/mol. The molecule has 0 radical (unpaired) electrons. The molecule has 0 unspecified atom stereocenters. The molecule has 1 saturated carbocycles. The zero-order valence-electron chi connectivity index (χ0n) is 12.1. The summed E-state index contributed by atoms with van der Waals surface area (Å²) in [6, 6.07) is 6.06. The summed E-state index contributed by atoms with van der Waals surface area (Å²) in [5.41, 5.74) is 3.19. The summed E-state index contributed by atoms with van der Waals surface area (Å²) in [6.45, 7) is 6.11. The van der Waals surface area contributed by atoms with Gasteiger partial charge in [0, 0.05) is 18.3 Å². The smallest absolute Gasteiger partial charge is 0.231 e. The van der Waals surface area contributed by atoms with Crippen molar-refractivity contribution in [3.05, 3.63) is 29.8 Å². The largest absolute Gasteiger partial charge is 0.454 e. The summed E-state index contributed by atoms with van der Waals surface area (Å²) >= 11 is 0. The van der Waals surface area contributed by atoms with Gasteiger partial charge in [0.05, 0.1) is 0 Å². The van der Waals surface area contributed by atoms with E-state index in [1.165, 1.54) is 12.8 Å². The van der Waals surface area contributed by atoms with E-state index in [9.17, 15) is 0 Å². The van der Waals surface area contributed by atoms with E-state index >= 15 is 0 Å². The van der Waals surface area contributed by atoms with E-state index in [4.69, 9.17) is 9.47 Å². The fourth-order valence-electron chi connectivity index (χ4n) is 3.89. The normalized spacial score (nSPS) is 28.6. The van der Waals surface area contributed by atoms with Gasteiger partial charge in [-0.3, -0.25) is 0 Å². The zero-order valence-corrected chi connectivity index (χ0v) is 12.1. The molecule has 2 bridgehead atoms. The maximum absolute atomic E-state index is 5.42. The lowest BCUT2D eigenvalue weighted by Gasteiger charge is -2.56. The highest BCUT2D eigenvalue weighted by atomic mass is 16.7. The molecule has 0 amide bonds. The van der Waals surface area contributed by atoms with Crippen LogP contribution in [0.5, 0.6) is 11.5 Å². The van der Waals surface area contributed by atoms with Gasteiger partial charge in [0.1, 0.15) is 0 Å². The van der Waals surface area contributed by atoms with Gasteiger partial charge in [0.15, 0.2) is 11.5 Å². The Labute approximate surface area is 120 Å². The highest BCUT2D eigenvalue weighted by molar-refractivity contribution is 5.56. The predicted octanol–water partition coefficient (Wildman–Crippen LogP) is 3.82. The van der Waals surface area contributed by atoms with E-state index in [1.807, 2.05) is 12.1 Å². The average Bonchev–Trinajstić information content (AvgIpc) is 2.92. The number of fused-ring (bicyclic) bond motifs is 2. The Bertz CT molecular complexity index is 576. The molecule has 4 aliphatic rings. The first-order chi connectivity index (χ1) is 9.64. The minimum Gasteiger partial charge on any atom is -0.454 e. The van der Waals surface area contributed by atoms with Gasteiger partial charge in [-0.15, -0.1) is 0 Å². The van der Waals surface area contributed by atoms with Crippen molar-refractivity contribution in [3.63, 3.8) is 0 Å². The Morgan fingerprint density at radius 1 is 1.25 bits per heavy atom. The lowest BCUT2D eigenvalue weighted by molar-refractivity contribution is -0.00629. The second-order valence-corrected chi connectivity index (χ2v) is 6.74. The van der Waals surface area contributed by atoms with E-state index < -0.39 is 0 Å². The number of ether oxygens (including phenoxy) is 2. The molecule has 0 saturated heterocycles. The second-order valence-electron chi connectivity index (χ2n) is 6.74. The van der Waals surface area contributed by atoms with Gasteiger partial charge >= 0.3 is 0 Å². The third-order valence-electron chi connectivity index (χ3n) is 5.45. The second kappa shape index (κ2) is 4.18.